The summed E-state index contributed by atoms with van der Waals surface area (Å²) in [4.78, 5) is 0.440. The molecule has 15 heavy (non-hydrogen) atoms. The molecule has 0 aliphatic rings. The quantitative estimate of drug-likeness (QED) is 0.628. The van der Waals surface area contributed by atoms with E-state index in [1.165, 1.54) is 17.8 Å². The molecule has 1 heterocycles. The summed E-state index contributed by atoms with van der Waals surface area (Å²) in [6, 6.07) is 2.81. The highest BCUT2D eigenvalue weighted by Crippen LogP contribution is 2.28. The highest BCUT2D eigenvalue weighted by Gasteiger charge is 2.19. The largest absolute Gasteiger partial charge is 0.296 e. The molecule has 2 rings (SSSR count). The number of hydrogen-bond acceptors (Lipinski definition) is 6. The number of aromatic nitrogens is 2. The number of benzene rings is 1. The fourth-order valence-corrected chi connectivity index (χ4v) is 2.34. The first-order valence-electron chi connectivity index (χ1n) is 3.81. The van der Waals surface area contributed by atoms with E-state index < -0.39 is 10.1 Å². The van der Waals surface area contributed by atoms with Crippen LogP contribution in [0.2, 0.25) is 0 Å². The molecular weight excluding hydrogens is 240 g/mol. The van der Waals surface area contributed by atoms with E-state index in [0.29, 0.717) is 5.52 Å². The second-order valence-electron chi connectivity index (χ2n) is 2.70. The lowest BCUT2D eigenvalue weighted by Crippen LogP contribution is -1.99. The smallest absolute Gasteiger partial charge is 0.282 e. The lowest BCUT2D eigenvalue weighted by Gasteiger charge is -1.99. The van der Waals surface area contributed by atoms with Crippen molar-refractivity contribution in [3.05, 3.63) is 12.1 Å². The van der Waals surface area contributed by atoms with Crippen molar-refractivity contribution in [1.82, 2.24) is 10.3 Å². The third-order valence-electron chi connectivity index (χ3n) is 1.84. The number of hydrogen-bond donors (Lipinski definition) is 1. The van der Waals surface area contributed by atoms with Crippen molar-refractivity contribution in [2.75, 3.05) is 6.26 Å². The number of rotatable bonds is 2. The zero-order valence-corrected chi connectivity index (χ0v) is 9.17. The van der Waals surface area contributed by atoms with Gasteiger partial charge in [0.1, 0.15) is 10.4 Å². The van der Waals surface area contributed by atoms with Gasteiger partial charge in [-0.3, -0.25) is 4.55 Å². The van der Waals surface area contributed by atoms with Crippen molar-refractivity contribution >= 4 is 32.9 Å². The molecule has 8 heteroatoms. The Morgan fingerprint density at radius 1 is 1.33 bits per heavy atom. The Morgan fingerprint density at radius 3 is 2.60 bits per heavy atom. The SMILES string of the molecule is CSc1ccc(S(=O)(=O)O)c2nonc12. The molecule has 0 saturated carbocycles. The summed E-state index contributed by atoms with van der Waals surface area (Å²) in [7, 11) is -4.30. The average Bonchev–Trinajstić information content (AvgIpc) is 2.62. The van der Waals surface area contributed by atoms with Crippen LogP contribution in [0.15, 0.2) is 26.6 Å². The summed E-state index contributed by atoms with van der Waals surface area (Å²) in [5, 5.41) is 7.04. The first-order valence-corrected chi connectivity index (χ1v) is 6.47. The van der Waals surface area contributed by atoms with Gasteiger partial charge < -0.3 is 0 Å². The fraction of sp³-hybridized carbons (Fsp3) is 0.143. The van der Waals surface area contributed by atoms with E-state index in [1.54, 1.807) is 6.07 Å². The third-order valence-corrected chi connectivity index (χ3v) is 3.49. The summed E-state index contributed by atoms with van der Waals surface area (Å²) >= 11 is 1.38. The monoisotopic (exact) mass is 246 g/mol. The van der Waals surface area contributed by atoms with Crippen molar-refractivity contribution < 1.29 is 17.6 Å². The normalized spacial score (nSPS) is 12.1. The van der Waals surface area contributed by atoms with E-state index in [1.807, 2.05) is 6.26 Å². The van der Waals surface area contributed by atoms with Crippen molar-refractivity contribution in [3.8, 4) is 0 Å². The molecule has 80 valence electrons. The van der Waals surface area contributed by atoms with E-state index in [4.69, 9.17) is 4.55 Å². The van der Waals surface area contributed by atoms with Crippen molar-refractivity contribution in [3.63, 3.8) is 0 Å². The molecule has 1 aromatic heterocycles. The maximum atomic E-state index is 11.0. The van der Waals surface area contributed by atoms with Crippen LogP contribution in [-0.4, -0.2) is 29.5 Å². The van der Waals surface area contributed by atoms with E-state index in [2.05, 4.69) is 14.9 Å². The van der Waals surface area contributed by atoms with Crippen molar-refractivity contribution in [2.45, 2.75) is 9.79 Å². The van der Waals surface area contributed by atoms with Crippen LogP contribution in [0, 0.1) is 0 Å². The van der Waals surface area contributed by atoms with Crippen molar-refractivity contribution in [1.29, 1.82) is 0 Å². The Morgan fingerprint density at radius 2 is 2.00 bits per heavy atom. The van der Waals surface area contributed by atoms with Gasteiger partial charge in [0, 0.05) is 4.90 Å². The van der Waals surface area contributed by atoms with Crippen LogP contribution in [0.3, 0.4) is 0 Å². The zero-order valence-electron chi connectivity index (χ0n) is 7.54. The molecule has 6 nitrogen and oxygen atoms in total. The van der Waals surface area contributed by atoms with Gasteiger partial charge in [-0.2, -0.15) is 8.42 Å². The molecule has 1 aromatic carbocycles. The molecule has 0 atom stereocenters. The minimum Gasteiger partial charge on any atom is -0.282 e. The molecule has 0 bridgehead atoms. The summed E-state index contributed by atoms with van der Waals surface area (Å²) in [6.07, 6.45) is 1.82. The van der Waals surface area contributed by atoms with Gasteiger partial charge in [-0.25, -0.2) is 4.63 Å². The maximum absolute atomic E-state index is 11.0. The molecule has 0 fully saturated rings. The molecule has 0 aliphatic carbocycles. The standard InChI is InChI=1S/C7H6N2O4S2/c1-14-4-2-3-5(15(10,11)12)7-6(4)8-13-9-7/h2-3H,1H3,(H,10,11,12). The molecule has 2 aromatic rings. The minimum absolute atomic E-state index is 0.0457. The Hall–Kier alpha value is -1.12. The highest BCUT2D eigenvalue weighted by atomic mass is 32.2. The highest BCUT2D eigenvalue weighted by molar-refractivity contribution is 7.98. The van der Waals surface area contributed by atoms with Crippen LogP contribution in [0.5, 0.6) is 0 Å². The number of fused-ring (bicyclic) bond motifs is 1. The van der Waals surface area contributed by atoms with Crippen LogP contribution in [-0.2, 0) is 10.1 Å². The third kappa shape index (κ3) is 1.71. The van der Waals surface area contributed by atoms with Gasteiger partial charge in [-0.1, -0.05) is 0 Å². The van der Waals surface area contributed by atoms with E-state index in [0.717, 1.165) is 4.90 Å². The van der Waals surface area contributed by atoms with E-state index in [9.17, 15) is 8.42 Å². The molecule has 0 amide bonds. The Labute approximate surface area is 89.4 Å². The molecular formula is C7H6N2O4S2. The number of nitrogens with zero attached hydrogens (tertiary/aromatic N) is 2. The fourth-order valence-electron chi connectivity index (χ4n) is 1.19. The Kier molecular flexibility index (Phi) is 2.41. The summed E-state index contributed by atoms with van der Waals surface area (Å²) in [5.74, 6) is 0. The molecule has 1 N–H and O–H groups in total. The minimum atomic E-state index is -4.30. The summed E-state index contributed by atoms with van der Waals surface area (Å²) < 4.78 is 35.3. The topological polar surface area (TPSA) is 93.3 Å². The van der Waals surface area contributed by atoms with E-state index in [-0.39, 0.29) is 10.4 Å². The van der Waals surface area contributed by atoms with Crippen molar-refractivity contribution in [2.24, 2.45) is 0 Å². The van der Waals surface area contributed by atoms with Crippen LogP contribution in [0.4, 0.5) is 0 Å². The first kappa shape index (κ1) is 10.4. The van der Waals surface area contributed by atoms with E-state index >= 15 is 0 Å². The van der Waals surface area contributed by atoms with Gasteiger partial charge in [0.2, 0.25) is 0 Å². The summed E-state index contributed by atoms with van der Waals surface area (Å²) in [6.45, 7) is 0. The number of thioether (sulfide) groups is 1. The lowest BCUT2D eigenvalue weighted by molar-refractivity contribution is 0.314. The molecule has 0 spiro atoms. The second-order valence-corrected chi connectivity index (χ2v) is 4.94. The molecule has 0 saturated heterocycles. The van der Waals surface area contributed by atoms with Crippen LogP contribution < -0.4 is 0 Å². The van der Waals surface area contributed by atoms with Crippen LogP contribution in [0.25, 0.3) is 11.0 Å². The molecule has 0 radical (unpaired) electrons. The maximum Gasteiger partial charge on any atom is 0.296 e. The first-order chi connectivity index (χ1) is 7.04. The van der Waals surface area contributed by atoms with Gasteiger partial charge in [-0.05, 0) is 28.7 Å². The van der Waals surface area contributed by atoms with Crippen LogP contribution in [0.1, 0.15) is 0 Å². The average molecular weight is 246 g/mol. The summed E-state index contributed by atoms with van der Waals surface area (Å²) in [5.41, 5.74) is 0.377. The predicted molar refractivity (Wildman–Crippen MR) is 53.4 cm³/mol. The molecule has 0 unspecified atom stereocenters. The lowest BCUT2D eigenvalue weighted by atomic mass is 10.3. The molecule has 0 aliphatic heterocycles. The Bertz CT molecular complexity index is 604. The van der Waals surface area contributed by atoms with Crippen LogP contribution >= 0.6 is 11.8 Å². The Balaban J connectivity index is 2.86. The van der Waals surface area contributed by atoms with Gasteiger partial charge in [0.05, 0.1) is 0 Å². The van der Waals surface area contributed by atoms with Gasteiger partial charge in [0.25, 0.3) is 10.1 Å². The van der Waals surface area contributed by atoms with Gasteiger partial charge in [-0.15, -0.1) is 11.8 Å². The van der Waals surface area contributed by atoms with Gasteiger partial charge >= 0.3 is 0 Å². The van der Waals surface area contributed by atoms with Gasteiger partial charge in [0.15, 0.2) is 5.52 Å². The second kappa shape index (κ2) is 3.47. The zero-order chi connectivity index (χ0) is 11.1. The predicted octanol–water partition coefficient (Wildman–Crippen LogP) is 1.19.